The zero-order valence-electron chi connectivity index (χ0n) is 10.5. The number of hydrogen-bond acceptors (Lipinski definition) is 4. The molecule has 16 heavy (non-hydrogen) atoms. The van der Waals surface area contributed by atoms with Gasteiger partial charge in [-0.15, -0.1) is 0 Å². The average Bonchev–Trinajstić information content (AvgIpc) is 2.29. The molecule has 4 nitrogen and oxygen atoms in total. The second-order valence-electron chi connectivity index (χ2n) is 3.98. The number of hydrogen-bond donors (Lipinski definition) is 1. The Labute approximate surface area is 97.6 Å². The highest BCUT2D eigenvalue weighted by Gasteiger charge is 2.06. The number of rotatable bonds is 6. The van der Waals surface area contributed by atoms with Crippen LogP contribution in [0.1, 0.15) is 13.3 Å². The van der Waals surface area contributed by atoms with Gasteiger partial charge in [0.2, 0.25) is 0 Å². The number of pyridine rings is 1. The minimum absolute atomic E-state index is 0.315. The summed E-state index contributed by atoms with van der Waals surface area (Å²) in [5.41, 5.74) is 0. The van der Waals surface area contributed by atoms with Gasteiger partial charge < -0.3 is 15.0 Å². The van der Waals surface area contributed by atoms with Gasteiger partial charge in [-0.05, 0) is 18.6 Å². The van der Waals surface area contributed by atoms with Gasteiger partial charge in [-0.25, -0.2) is 4.98 Å². The van der Waals surface area contributed by atoms with Crippen LogP contribution in [0.3, 0.4) is 0 Å². The van der Waals surface area contributed by atoms with Crippen LogP contribution in [0.5, 0.6) is 0 Å². The Morgan fingerprint density at radius 2 is 2.19 bits per heavy atom. The molecule has 1 heterocycles. The Morgan fingerprint density at radius 3 is 2.75 bits per heavy atom. The number of anilines is 2. The van der Waals surface area contributed by atoms with E-state index in [0.717, 1.165) is 18.1 Å². The molecule has 0 fully saturated rings. The van der Waals surface area contributed by atoms with Crippen molar-refractivity contribution in [2.45, 2.75) is 19.4 Å². The van der Waals surface area contributed by atoms with Crippen molar-refractivity contribution in [1.29, 1.82) is 0 Å². The fourth-order valence-electron chi connectivity index (χ4n) is 1.42. The van der Waals surface area contributed by atoms with Crippen molar-refractivity contribution in [2.75, 3.05) is 38.0 Å². The zero-order chi connectivity index (χ0) is 12.0. The summed E-state index contributed by atoms with van der Waals surface area (Å²) in [6.07, 6.45) is 1.02. The first-order chi connectivity index (χ1) is 7.67. The lowest BCUT2D eigenvalue weighted by Crippen LogP contribution is -2.24. The van der Waals surface area contributed by atoms with Crippen LogP contribution in [0, 0.1) is 0 Å². The summed E-state index contributed by atoms with van der Waals surface area (Å²) in [5, 5.41) is 3.36. The Kier molecular flexibility index (Phi) is 5.05. The second kappa shape index (κ2) is 6.33. The Hall–Kier alpha value is -1.29. The fourth-order valence-corrected chi connectivity index (χ4v) is 1.42. The van der Waals surface area contributed by atoms with Gasteiger partial charge in [-0.2, -0.15) is 0 Å². The van der Waals surface area contributed by atoms with Crippen molar-refractivity contribution in [3.05, 3.63) is 18.2 Å². The molecule has 1 unspecified atom stereocenters. The molecular formula is C12H21N3O. The van der Waals surface area contributed by atoms with Crippen LogP contribution < -0.4 is 10.2 Å². The molecule has 0 aliphatic heterocycles. The molecule has 0 bridgehead atoms. The number of methoxy groups -OCH3 is 1. The fraction of sp³-hybridized carbons (Fsp3) is 0.583. The van der Waals surface area contributed by atoms with Crippen LogP contribution >= 0.6 is 0 Å². The van der Waals surface area contributed by atoms with E-state index < -0.39 is 0 Å². The molecular weight excluding hydrogens is 202 g/mol. The van der Waals surface area contributed by atoms with E-state index in [-0.39, 0.29) is 0 Å². The molecule has 1 N–H and O–H groups in total. The normalized spacial score (nSPS) is 12.2. The van der Waals surface area contributed by atoms with E-state index in [1.165, 1.54) is 0 Å². The molecule has 4 heteroatoms. The lowest BCUT2D eigenvalue weighted by atomic mass is 10.2. The van der Waals surface area contributed by atoms with Crippen LogP contribution in [0.15, 0.2) is 18.2 Å². The van der Waals surface area contributed by atoms with Crippen molar-refractivity contribution < 1.29 is 4.74 Å². The van der Waals surface area contributed by atoms with Gasteiger partial charge in [-0.3, -0.25) is 0 Å². The molecule has 0 radical (unpaired) electrons. The van der Waals surface area contributed by atoms with Crippen LogP contribution in [-0.2, 0) is 4.74 Å². The van der Waals surface area contributed by atoms with Gasteiger partial charge in [-0.1, -0.05) is 13.0 Å². The van der Waals surface area contributed by atoms with Crippen LogP contribution in [-0.4, -0.2) is 38.8 Å². The van der Waals surface area contributed by atoms with E-state index in [4.69, 9.17) is 4.74 Å². The van der Waals surface area contributed by atoms with E-state index in [9.17, 15) is 0 Å². The first-order valence-electron chi connectivity index (χ1n) is 5.57. The summed E-state index contributed by atoms with van der Waals surface area (Å²) in [6, 6.07) is 6.28. The van der Waals surface area contributed by atoms with Gasteiger partial charge in [0, 0.05) is 21.2 Å². The third-order valence-electron chi connectivity index (χ3n) is 2.41. The summed E-state index contributed by atoms with van der Waals surface area (Å²) in [4.78, 5) is 6.49. The predicted molar refractivity (Wildman–Crippen MR) is 68.1 cm³/mol. The molecule has 1 rings (SSSR count). The van der Waals surface area contributed by atoms with Crippen molar-refractivity contribution in [3.8, 4) is 0 Å². The SMILES string of the molecule is CCC(COC)Nc1cccc(N(C)C)n1. The summed E-state index contributed by atoms with van der Waals surface area (Å²) >= 11 is 0. The predicted octanol–water partition coefficient (Wildman–Crippen LogP) is 1.98. The number of aromatic nitrogens is 1. The summed E-state index contributed by atoms with van der Waals surface area (Å²) in [7, 11) is 5.69. The molecule has 1 aromatic heterocycles. The molecule has 0 aliphatic carbocycles. The molecule has 0 amide bonds. The molecule has 0 aliphatic rings. The van der Waals surface area contributed by atoms with Crippen LogP contribution in [0.4, 0.5) is 11.6 Å². The maximum Gasteiger partial charge on any atom is 0.130 e. The lowest BCUT2D eigenvalue weighted by Gasteiger charge is -2.18. The molecule has 0 saturated carbocycles. The maximum atomic E-state index is 5.14. The van der Waals surface area contributed by atoms with Gasteiger partial charge in [0.1, 0.15) is 11.6 Å². The smallest absolute Gasteiger partial charge is 0.130 e. The van der Waals surface area contributed by atoms with Gasteiger partial charge >= 0.3 is 0 Å². The average molecular weight is 223 g/mol. The topological polar surface area (TPSA) is 37.4 Å². The first kappa shape index (κ1) is 12.8. The third-order valence-corrected chi connectivity index (χ3v) is 2.41. The van der Waals surface area contributed by atoms with Gasteiger partial charge in [0.05, 0.1) is 12.6 Å². The first-order valence-corrected chi connectivity index (χ1v) is 5.57. The van der Waals surface area contributed by atoms with Gasteiger partial charge in [0.15, 0.2) is 0 Å². The highest BCUT2D eigenvalue weighted by molar-refractivity contribution is 5.46. The van der Waals surface area contributed by atoms with Crippen LogP contribution in [0.2, 0.25) is 0 Å². The second-order valence-corrected chi connectivity index (χ2v) is 3.98. The van der Waals surface area contributed by atoms with E-state index in [0.29, 0.717) is 12.6 Å². The molecule has 90 valence electrons. The minimum atomic E-state index is 0.315. The standard InChI is InChI=1S/C12H21N3O/c1-5-10(9-16-4)13-11-7-6-8-12(14-11)15(2)3/h6-8,10H,5,9H2,1-4H3,(H,13,14). The molecule has 1 aromatic rings. The Morgan fingerprint density at radius 1 is 1.44 bits per heavy atom. The monoisotopic (exact) mass is 223 g/mol. The highest BCUT2D eigenvalue weighted by atomic mass is 16.5. The van der Waals surface area contributed by atoms with Crippen molar-refractivity contribution in [2.24, 2.45) is 0 Å². The maximum absolute atomic E-state index is 5.14. The largest absolute Gasteiger partial charge is 0.383 e. The van der Waals surface area contributed by atoms with E-state index in [1.807, 2.05) is 37.2 Å². The summed E-state index contributed by atoms with van der Waals surface area (Å²) in [6.45, 7) is 2.83. The molecule has 0 saturated heterocycles. The van der Waals surface area contributed by atoms with E-state index in [1.54, 1.807) is 7.11 Å². The molecule has 0 spiro atoms. The van der Waals surface area contributed by atoms with Crippen molar-refractivity contribution in [1.82, 2.24) is 4.98 Å². The van der Waals surface area contributed by atoms with E-state index in [2.05, 4.69) is 17.2 Å². The van der Waals surface area contributed by atoms with E-state index >= 15 is 0 Å². The number of ether oxygens (including phenoxy) is 1. The minimum Gasteiger partial charge on any atom is -0.383 e. The number of nitrogens with zero attached hydrogens (tertiary/aromatic N) is 2. The Bertz CT molecular complexity index is 315. The third kappa shape index (κ3) is 3.70. The number of nitrogens with one attached hydrogen (secondary N) is 1. The highest BCUT2D eigenvalue weighted by Crippen LogP contribution is 2.13. The lowest BCUT2D eigenvalue weighted by molar-refractivity contribution is 0.184. The van der Waals surface area contributed by atoms with Crippen molar-refractivity contribution in [3.63, 3.8) is 0 Å². The zero-order valence-corrected chi connectivity index (χ0v) is 10.5. The molecule has 0 aromatic carbocycles. The Balaban J connectivity index is 2.68. The molecule has 1 atom stereocenters. The van der Waals surface area contributed by atoms with Gasteiger partial charge in [0.25, 0.3) is 0 Å². The van der Waals surface area contributed by atoms with Crippen molar-refractivity contribution >= 4 is 11.6 Å². The quantitative estimate of drug-likeness (QED) is 0.800. The summed E-state index contributed by atoms with van der Waals surface area (Å²) < 4.78 is 5.14. The van der Waals surface area contributed by atoms with Crippen LogP contribution in [0.25, 0.3) is 0 Å². The summed E-state index contributed by atoms with van der Waals surface area (Å²) in [5.74, 6) is 1.85.